The second-order valence-electron chi connectivity index (χ2n) is 9.19. The van der Waals surface area contributed by atoms with Crippen LogP contribution in [0.15, 0.2) is 41.2 Å². The molecule has 2 aromatic heterocycles. The van der Waals surface area contributed by atoms with Gasteiger partial charge in [-0.15, -0.1) is 0 Å². The Kier molecular flexibility index (Phi) is 10.4. The van der Waals surface area contributed by atoms with Crippen molar-refractivity contribution in [2.75, 3.05) is 0 Å². The minimum atomic E-state index is -2.59. The third-order valence-electron chi connectivity index (χ3n) is 6.66. The first kappa shape index (κ1) is 26.6. The van der Waals surface area contributed by atoms with Gasteiger partial charge in [0.25, 0.3) is 0 Å². The van der Waals surface area contributed by atoms with Gasteiger partial charge in [-0.25, -0.2) is 4.39 Å². The fraction of sp³-hybridized carbons (Fsp3) is 0.519. The molecule has 0 radical (unpaired) electrons. The second kappa shape index (κ2) is 13.2. The summed E-state index contributed by atoms with van der Waals surface area (Å²) in [5.41, 5.74) is 2.29. The number of aryl methyl sites for hydroxylation is 1. The topological polar surface area (TPSA) is 61.0 Å². The number of hydrogen-bond acceptors (Lipinski definition) is 5. The van der Waals surface area contributed by atoms with E-state index in [-0.39, 0.29) is 12.4 Å². The van der Waals surface area contributed by atoms with Crippen molar-refractivity contribution in [2.45, 2.75) is 86.1 Å². The fourth-order valence-electron chi connectivity index (χ4n) is 4.51. The van der Waals surface area contributed by atoms with Gasteiger partial charge in [0.1, 0.15) is 0 Å². The summed E-state index contributed by atoms with van der Waals surface area (Å²) in [7, 11) is 0. The van der Waals surface area contributed by atoms with Crippen molar-refractivity contribution in [3.63, 3.8) is 0 Å². The zero-order valence-electron chi connectivity index (χ0n) is 21.1. The fourth-order valence-corrected chi connectivity index (χ4v) is 19.6. The number of ether oxygens (including phenoxy) is 1. The molecule has 34 heavy (non-hydrogen) atoms. The number of rotatable bonds is 14. The maximum absolute atomic E-state index is 13.3. The molecule has 0 bridgehead atoms. The van der Waals surface area contributed by atoms with E-state index >= 15 is 0 Å². The molecule has 0 aliphatic rings. The van der Waals surface area contributed by atoms with Crippen LogP contribution in [-0.4, -0.2) is 33.5 Å². The first-order chi connectivity index (χ1) is 16.5. The molecule has 0 fully saturated rings. The molecule has 0 saturated carbocycles. The van der Waals surface area contributed by atoms with Gasteiger partial charge in [-0.2, -0.15) is 0 Å². The SMILES string of the molecule is CCC[CH2][Sn]([CH2]CCC)([CH2]CCC)[c]1cnc(OCc2c(-c3ccc(F)cc3)noc2C)cn1. The van der Waals surface area contributed by atoms with E-state index in [0.717, 1.165) is 11.1 Å². The monoisotopic (exact) mass is 575 g/mol. The van der Waals surface area contributed by atoms with Crippen LogP contribution in [0.1, 0.15) is 70.6 Å². The van der Waals surface area contributed by atoms with Gasteiger partial charge in [-0.1, -0.05) is 0 Å². The molecule has 0 spiro atoms. The summed E-state index contributed by atoms with van der Waals surface area (Å²) in [4.78, 5) is 9.63. The number of aromatic nitrogens is 3. The molecule has 0 aliphatic carbocycles. The Morgan fingerprint density at radius 3 is 2.03 bits per heavy atom. The third kappa shape index (κ3) is 6.80. The van der Waals surface area contributed by atoms with Crippen molar-refractivity contribution in [1.82, 2.24) is 15.1 Å². The predicted molar refractivity (Wildman–Crippen MR) is 138 cm³/mol. The van der Waals surface area contributed by atoms with Gasteiger partial charge >= 0.3 is 204 Å². The molecule has 7 heteroatoms. The average molecular weight is 574 g/mol. The van der Waals surface area contributed by atoms with E-state index in [1.54, 1.807) is 18.3 Å². The first-order valence-corrected chi connectivity index (χ1v) is 20.2. The third-order valence-corrected chi connectivity index (χ3v) is 21.7. The summed E-state index contributed by atoms with van der Waals surface area (Å²) in [5, 5.41) is 4.15. The van der Waals surface area contributed by atoms with E-state index in [1.807, 2.05) is 13.1 Å². The summed E-state index contributed by atoms with van der Waals surface area (Å²) < 4.78 is 30.1. The molecule has 5 nitrogen and oxygen atoms in total. The molecule has 1 aromatic carbocycles. The predicted octanol–water partition coefficient (Wildman–Crippen LogP) is 7.21. The summed E-state index contributed by atoms with van der Waals surface area (Å²) in [5.74, 6) is 0.907. The van der Waals surface area contributed by atoms with Gasteiger partial charge in [0.05, 0.1) is 0 Å². The second-order valence-corrected chi connectivity index (χ2v) is 22.2. The molecule has 0 unspecified atom stereocenters. The number of nitrogens with zero attached hydrogens (tertiary/aromatic N) is 3. The van der Waals surface area contributed by atoms with Crippen LogP contribution in [0.2, 0.25) is 13.3 Å². The van der Waals surface area contributed by atoms with E-state index in [1.165, 1.54) is 67.7 Å². The van der Waals surface area contributed by atoms with Gasteiger partial charge in [-0.3, -0.25) is 0 Å². The Morgan fingerprint density at radius 1 is 0.882 bits per heavy atom. The van der Waals surface area contributed by atoms with Crippen LogP contribution in [-0.2, 0) is 6.61 Å². The van der Waals surface area contributed by atoms with Crippen molar-refractivity contribution in [2.24, 2.45) is 0 Å². The molecular weight excluding hydrogens is 536 g/mol. The van der Waals surface area contributed by atoms with Crippen molar-refractivity contribution >= 4 is 22.1 Å². The van der Waals surface area contributed by atoms with Crippen molar-refractivity contribution in [3.05, 3.63) is 53.8 Å². The number of benzene rings is 1. The molecule has 0 amide bonds. The number of unbranched alkanes of at least 4 members (excludes halogenated alkanes) is 3. The standard InChI is InChI=1S/C15H11FN3O2.3C4H9.Sn/c1-10-13(9-20-14-8-17-6-7-18-14)15(19-21-10)11-2-4-12(16)5-3-11;3*1-3-4-2;/h2-5,7-8H,9H2,1H3;3*1,3-4H2,2H3;. The van der Waals surface area contributed by atoms with Crippen LogP contribution in [0.5, 0.6) is 5.88 Å². The van der Waals surface area contributed by atoms with Crippen LogP contribution in [0, 0.1) is 12.7 Å². The van der Waals surface area contributed by atoms with E-state index in [4.69, 9.17) is 14.2 Å². The summed E-state index contributed by atoms with van der Waals surface area (Å²) in [6.07, 6.45) is 11.4. The number of hydrogen-bond donors (Lipinski definition) is 0. The Labute approximate surface area is 207 Å². The molecule has 3 aromatic rings. The molecule has 0 atom stereocenters. The summed E-state index contributed by atoms with van der Waals surface area (Å²) in [6, 6.07) is 6.23. The maximum atomic E-state index is 13.3. The molecule has 3 rings (SSSR count). The summed E-state index contributed by atoms with van der Waals surface area (Å²) in [6.45, 7) is 8.97. The molecule has 0 saturated heterocycles. The van der Waals surface area contributed by atoms with Crippen LogP contribution < -0.4 is 8.45 Å². The Balaban J connectivity index is 1.77. The zero-order chi connectivity index (χ0) is 24.4. The minimum absolute atomic E-state index is 0.270. The Hall–Kier alpha value is -1.96. The first-order valence-electron chi connectivity index (χ1n) is 12.7. The van der Waals surface area contributed by atoms with Crippen LogP contribution in [0.3, 0.4) is 0 Å². The van der Waals surface area contributed by atoms with Crippen molar-refractivity contribution in [1.29, 1.82) is 0 Å². The molecular formula is C27H38FN3O2Sn. The van der Waals surface area contributed by atoms with Gasteiger partial charge in [0.2, 0.25) is 0 Å². The molecule has 0 N–H and O–H groups in total. The van der Waals surface area contributed by atoms with Crippen LogP contribution in [0.4, 0.5) is 4.39 Å². The van der Waals surface area contributed by atoms with E-state index in [9.17, 15) is 4.39 Å². The zero-order valence-corrected chi connectivity index (χ0v) is 23.9. The van der Waals surface area contributed by atoms with Gasteiger partial charge in [0, 0.05) is 0 Å². The van der Waals surface area contributed by atoms with Crippen LogP contribution >= 0.6 is 0 Å². The number of halogens is 1. The van der Waals surface area contributed by atoms with Crippen LogP contribution in [0.25, 0.3) is 11.3 Å². The van der Waals surface area contributed by atoms with Gasteiger partial charge < -0.3 is 0 Å². The normalized spacial score (nSPS) is 11.7. The van der Waals surface area contributed by atoms with Gasteiger partial charge in [0.15, 0.2) is 0 Å². The molecule has 0 aliphatic heterocycles. The molecule has 184 valence electrons. The quantitative estimate of drug-likeness (QED) is 0.191. The summed E-state index contributed by atoms with van der Waals surface area (Å²) >= 11 is -2.59. The van der Waals surface area contributed by atoms with Crippen molar-refractivity contribution < 1.29 is 13.7 Å². The van der Waals surface area contributed by atoms with Gasteiger partial charge in [-0.05, 0) is 0 Å². The van der Waals surface area contributed by atoms with Crippen molar-refractivity contribution in [3.8, 4) is 17.1 Å². The Bertz CT molecular complexity index is 984. The van der Waals surface area contributed by atoms with E-state index < -0.39 is 18.4 Å². The average Bonchev–Trinajstić information content (AvgIpc) is 3.23. The van der Waals surface area contributed by atoms with E-state index in [0.29, 0.717) is 17.3 Å². The Morgan fingerprint density at radius 2 is 1.50 bits per heavy atom. The molecule has 2 heterocycles. The van der Waals surface area contributed by atoms with E-state index in [2.05, 4.69) is 30.9 Å².